The lowest BCUT2D eigenvalue weighted by Crippen LogP contribution is -2.02. The summed E-state index contributed by atoms with van der Waals surface area (Å²) < 4.78 is 42.1. The molecule has 128 valence electrons. The van der Waals surface area contributed by atoms with Gasteiger partial charge in [-0.1, -0.05) is 6.07 Å². The monoisotopic (exact) mass is 343 g/mol. The van der Waals surface area contributed by atoms with Crippen molar-refractivity contribution in [3.8, 4) is 11.3 Å². The molecule has 4 rings (SSSR count). The van der Waals surface area contributed by atoms with E-state index in [-0.39, 0.29) is 11.4 Å². The molecule has 0 atom stereocenters. The maximum absolute atomic E-state index is 14.3. The predicted octanol–water partition coefficient (Wildman–Crippen LogP) is 5.12. The van der Waals surface area contributed by atoms with Crippen molar-refractivity contribution in [1.29, 1.82) is 0 Å². The van der Waals surface area contributed by atoms with E-state index in [1.165, 1.54) is 12.1 Å². The Kier molecular flexibility index (Phi) is 3.95. The van der Waals surface area contributed by atoms with Gasteiger partial charge in [-0.05, 0) is 49.4 Å². The number of aromatic amines is 1. The first kappa shape index (κ1) is 15.7. The second kappa shape index (κ2) is 6.27. The van der Waals surface area contributed by atoms with Gasteiger partial charge in [-0.25, -0.2) is 13.2 Å². The van der Waals surface area contributed by atoms with E-state index in [9.17, 15) is 13.2 Å². The highest BCUT2D eigenvalue weighted by Gasteiger charge is 2.25. The molecule has 0 bridgehead atoms. The molecule has 1 aliphatic carbocycles. The maximum Gasteiger partial charge on any atom is 0.153 e. The molecule has 1 aliphatic rings. The van der Waals surface area contributed by atoms with Crippen LogP contribution in [0.1, 0.15) is 24.1 Å². The van der Waals surface area contributed by atoms with Crippen molar-refractivity contribution in [2.24, 2.45) is 0 Å². The highest BCUT2D eigenvalue weighted by atomic mass is 19.1. The van der Waals surface area contributed by atoms with E-state index >= 15 is 0 Å². The van der Waals surface area contributed by atoms with E-state index in [1.807, 2.05) is 0 Å². The minimum absolute atomic E-state index is 0.150. The number of aryl methyl sites for hydroxylation is 1. The largest absolute Gasteiger partial charge is 0.356 e. The van der Waals surface area contributed by atoms with Gasteiger partial charge in [-0.2, -0.15) is 0 Å². The van der Waals surface area contributed by atoms with Crippen molar-refractivity contribution in [3.05, 3.63) is 65.4 Å². The Morgan fingerprint density at radius 3 is 2.52 bits per heavy atom. The van der Waals surface area contributed by atoms with Gasteiger partial charge in [-0.15, -0.1) is 0 Å². The summed E-state index contributed by atoms with van der Waals surface area (Å²) in [5.41, 5.74) is 3.29. The van der Waals surface area contributed by atoms with Crippen LogP contribution >= 0.6 is 0 Å². The van der Waals surface area contributed by atoms with E-state index in [0.717, 1.165) is 49.3 Å². The lowest BCUT2D eigenvalue weighted by molar-refractivity contribution is 0.578. The Bertz CT molecular complexity index is 913. The van der Waals surface area contributed by atoms with Crippen LogP contribution in [0.25, 0.3) is 11.3 Å². The molecule has 3 nitrogen and oxygen atoms in total. The molecular formula is C19H16F3N3. The number of nitrogens with one attached hydrogen (secondary N) is 2. The van der Waals surface area contributed by atoms with Crippen LogP contribution in [0.2, 0.25) is 0 Å². The van der Waals surface area contributed by atoms with Crippen LogP contribution in [-0.2, 0) is 12.8 Å². The molecule has 0 unspecified atom stereocenters. The molecule has 2 aromatic heterocycles. The van der Waals surface area contributed by atoms with E-state index in [2.05, 4.69) is 15.3 Å². The van der Waals surface area contributed by atoms with Crippen molar-refractivity contribution < 1.29 is 13.2 Å². The van der Waals surface area contributed by atoms with Crippen LogP contribution in [0.5, 0.6) is 0 Å². The summed E-state index contributed by atoms with van der Waals surface area (Å²) in [7, 11) is 0. The minimum atomic E-state index is -0.735. The fraction of sp³-hybridized carbons (Fsp3) is 0.211. The standard InChI is InChI=1S/C19H16F3N3/c20-11-4-3-5-12(8-11)24-18-13-6-1-2-7-16(13)25-19(18)17-14(21)9-23-10-15(17)22/h3-5,8-10,24-25H,1-2,6-7H2. The van der Waals surface area contributed by atoms with Gasteiger partial charge in [0, 0.05) is 11.4 Å². The SMILES string of the molecule is Fc1cccc(Nc2c(-c3c(F)cncc3F)[nH]c3c2CCCC3)c1. The molecule has 2 N–H and O–H groups in total. The highest BCUT2D eigenvalue weighted by Crippen LogP contribution is 2.40. The first-order valence-corrected chi connectivity index (χ1v) is 8.19. The first-order chi connectivity index (χ1) is 12.1. The number of anilines is 2. The number of benzene rings is 1. The molecule has 0 fully saturated rings. The Morgan fingerprint density at radius 2 is 1.76 bits per heavy atom. The number of rotatable bonds is 3. The van der Waals surface area contributed by atoms with Crippen molar-refractivity contribution in [2.45, 2.75) is 25.7 Å². The summed E-state index contributed by atoms with van der Waals surface area (Å²) in [4.78, 5) is 6.71. The van der Waals surface area contributed by atoms with Gasteiger partial charge in [0.15, 0.2) is 11.6 Å². The van der Waals surface area contributed by atoms with Crippen LogP contribution in [0.4, 0.5) is 24.5 Å². The average Bonchev–Trinajstić information content (AvgIpc) is 2.93. The number of aromatic nitrogens is 2. The number of hydrogen-bond donors (Lipinski definition) is 2. The highest BCUT2D eigenvalue weighted by molar-refractivity contribution is 5.83. The third-order valence-electron chi connectivity index (χ3n) is 4.49. The maximum atomic E-state index is 14.3. The number of fused-ring (bicyclic) bond motifs is 1. The topological polar surface area (TPSA) is 40.7 Å². The second-order valence-electron chi connectivity index (χ2n) is 6.15. The van der Waals surface area contributed by atoms with E-state index in [0.29, 0.717) is 17.1 Å². The summed E-state index contributed by atoms with van der Waals surface area (Å²) in [5, 5.41) is 3.15. The average molecular weight is 343 g/mol. The number of halogens is 3. The Morgan fingerprint density at radius 1 is 1.00 bits per heavy atom. The molecule has 0 saturated heterocycles. The smallest absolute Gasteiger partial charge is 0.153 e. The zero-order valence-electron chi connectivity index (χ0n) is 13.4. The Hall–Kier alpha value is -2.76. The molecule has 25 heavy (non-hydrogen) atoms. The van der Waals surface area contributed by atoms with Crippen LogP contribution in [-0.4, -0.2) is 9.97 Å². The molecule has 2 heterocycles. The van der Waals surface area contributed by atoms with Gasteiger partial charge in [0.1, 0.15) is 5.82 Å². The molecule has 0 spiro atoms. The minimum Gasteiger partial charge on any atom is -0.356 e. The molecule has 3 aromatic rings. The van der Waals surface area contributed by atoms with Gasteiger partial charge < -0.3 is 10.3 Å². The van der Waals surface area contributed by atoms with Crippen LogP contribution in [0.3, 0.4) is 0 Å². The van der Waals surface area contributed by atoms with Gasteiger partial charge >= 0.3 is 0 Å². The number of pyridine rings is 1. The lowest BCUT2D eigenvalue weighted by atomic mass is 9.96. The van der Waals surface area contributed by atoms with Crippen LogP contribution < -0.4 is 5.32 Å². The van der Waals surface area contributed by atoms with E-state index in [4.69, 9.17) is 0 Å². The number of H-pyrrole nitrogens is 1. The zero-order chi connectivity index (χ0) is 17.4. The predicted molar refractivity (Wildman–Crippen MR) is 90.3 cm³/mol. The summed E-state index contributed by atoms with van der Waals surface area (Å²) in [6.45, 7) is 0. The zero-order valence-corrected chi connectivity index (χ0v) is 13.4. The van der Waals surface area contributed by atoms with E-state index < -0.39 is 11.6 Å². The molecule has 0 amide bonds. The first-order valence-electron chi connectivity index (χ1n) is 8.19. The van der Waals surface area contributed by atoms with Crippen molar-refractivity contribution >= 4 is 11.4 Å². The van der Waals surface area contributed by atoms with Crippen molar-refractivity contribution in [1.82, 2.24) is 9.97 Å². The number of hydrogen-bond acceptors (Lipinski definition) is 2. The van der Waals surface area contributed by atoms with Crippen LogP contribution in [0, 0.1) is 17.5 Å². The van der Waals surface area contributed by atoms with Crippen molar-refractivity contribution in [3.63, 3.8) is 0 Å². The molecule has 0 saturated carbocycles. The summed E-state index contributed by atoms with van der Waals surface area (Å²) in [6.07, 6.45) is 5.63. The summed E-state index contributed by atoms with van der Waals surface area (Å²) in [6, 6.07) is 6.00. The molecule has 1 aromatic carbocycles. The Balaban J connectivity index is 1.88. The quantitative estimate of drug-likeness (QED) is 0.693. The van der Waals surface area contributed by atoms with Gasteiger partial charge in [0.2, 0.25) is 0 Å². The second-order valence-corrected chi connectivity index (χ2v) is 6.15. The third kappa shape index (κ3) is 2.88. The summed E-state index contributed by atoms with van der Waals surface area (Å²) in [5.74, 6) is -1.85. The van der Waals surface area contributed by atoms with E-state index in [1.54, 1.807) is 12.1 Å². The van der Waals surface area contributed by atoms with Gasteiger partial charge in [0.25, 0.3) is 0 Å². The fourth-order valence-corrected chi connectivity index (χ4v) is 3.37. The van der Waals surface area contributed by atoms with Crippen molar-refractivity contribution in [2.75, 3.05) is 5.32 Å². The molecule has 0 aliphatic heterocycles. The fourth-order valence-electron chi connectivity index (χ4n) is 3.37. The lowest BCUT2D eigenvalue weighted by Gasteiger charge is -2.14. The molecule has 0 radical (unpaired) electrons. The molecular weight excluding hydrogens is 327 g/mol. The Labute approximate surface area is 142 Å². The summed E-state index contributed by atoms with van der Waals surface area (Å²) >= 11 is 0. The third-order valence-corrected chi connectivity index (χ3v) is 4.49. The molecule has 6 heteroatoms. The van der Waals surface area contributed by atoms with Gasteiger partial charge in [0.05, 0.1) is 29.3 Å². The van der Waals surface area contributed by atoms with Crippen LogP contribution in [0.15, 0.2) is 36.7 Å². The normalized spacial score (nSPS) is 13.6. The van der Waals surface area contributed by atoms with Gasteiger partial charge in [-0.3, -0.25) is 4.98 Å². The number of nitrogens with zero attached hydrogens (tertiary/aromatic N) is 1.